The fourth-order valence-corrected chi connectivity index (χ4v) is 5.73. The van der Waals surface area contributed by atoms with Crippen LogP contribution in [-0.2, 0) is 32.0 Å². The van der Waals surface area contributed by atoms with E-state index in [-0.39, 0.29) is 41.9 Å². The molecule has 2 saturated heterocycles. The highest BCUT2D eigenvalue weighted by molar-refractivity contribution is 6.05. The summed E-state index contributed by atoms with van der Waals surface area (Å²) >= 11 is 0. The van der Waals surface area contributed by atoms with E-state index in [1.165, 1.54) is 20.3 Å². The Labute approximate surface area is 238 Å². The van der Waals surface area contributed by atoms with Gasteiger partial charge in [-0.15, -0.1) is 0 Å². The van der Waals surface area contributed by atoms with E-state index in [1.54, 1.807) is 11.0 Å². The molecule has 2 fully saturated rings. The number of piperidine rings is 1. The van der Waals surface area contributed by atoms with Crippen LogP contribution in [0.2, 0.25) is 0 Å². The Kier molecular flexibility index (Phi) is 8.94. The lowest BCUT2D eigenvalue weighted by atomic mass is 10.00. The number of ether oxygens (including phenoxy) is 5. The van der Waals surface area contributed by atoms with Gasteiger partial charge in [0.1, 0.15) is 6.61 Å². The molecular weight excluding hydrogens is 532 g/mol. The van der Waals surface area contributed by atoms with Gasteiger partial charge in [0.25, 0.3) is 5.91 Å². The largest absolute Gasteiger partial charge is 0.493 e. The third-order valence-electron chi connectivity index (χ3n) is 7.76. The molecule has 2 amide bonds. The number of hydrogen-bond acceptors (Lipinski definition) is 8. The molecule has 5 rings (SSSR count). The van der Waals surface area contributed by atoms with Gasteiger partial charge in [0, 0.05) is 19.2 Å². The van der Waals surface area contributed by atoms with Crippen LogP contribution in [0.15, 0.2) is 36.4 Å². The van der Waals surface area contributed by atoms with Gasteiger partial charge in [-0.2, -0.15) is 0 Å². The molecule has 41 heavy (non-hydrogen) atoms. The zero-order valence-corrected chi connectivity index (χ0v) is 23.4. The highest BCUT2D eigenvalue weighted by Gasteiger charge is 2.46. The molecule has 3 aliphatic heterocycles. The SMILES string of the molecule is COC(=O)Cc1cccc(COc2cc3c(cc2OC)C(=O)N2CCCC[C@H]2C(OC2CCCCO2)N3C(=O)O)c1. The molecule has 0 radical (unpaired) electrons. The summed E-state index contributed by atoms with van der Waals surface area (Å²) in [5.74, 6) is -0.0412. The maximum atomic E-state index is 13.9. The van der Waals surface area contributed by atoms with Gasteiger partial charge in [-0.3, -0.25) is 9.59 Å². The average molecular weight is 569 g/mol. The van der Waals surface area contributed by atoms with Gasteiger partial charge in [-0.05, 0) is 55.7 Å². The van der Waals surface area contributed by atoms with Crippen molar-refractivity contribution in [3.05, 3.63) is 53.1 Å². The normalized spacial score (nSPS) is 22.3. The second-order valence-electron chi connectivity index (χ2n) is 10.4. The second-order valence-corrected chi connectivity index (χ2v) is 10.4. The van der Waals surface area contributed by atoms with E-state index in [0.29, 0.717) is 31.7 Å². The van der Waals surface area contributed by atoms with Crippen molar-refractivity contribution in [1.82, 2.24) is 4.90 Å². The highest BCUT2D eigenvalue weighted by atomic mass is 16.7. The Morgan fingerprint density at radius 2 is 1.83 bits per heavy atom. The van der Waals surface area contributed by atoms with Crippen LogP contribution in [0.5, 0.6) is 11.5 Å². The van der Waals surface area contributed by atoms with E-state index in [4.69, 9.17) is 23.7 Å². The summed E-state index contributed by atoms with van der Waals surface area (Å²) < 4.78 is 28.6. The smallest absolute Gasteiger partial charge is 0.414 e. The second kappa shape index (κ2) is 12.8. The van der Waals surface area contributed by atoms with Gasteiger partial charge in [0.2, 0.25) is 0 Å². The Balaban J connectivity index is 1.50. The number of fused-ring (bicyclic) bond motifs is 2. The Morgan fingerprint density at radius 1 is 1.02 bits per heavy atom. The van der Waals surface area contributed by atoms with E-state index in [1.807, 2.05) is 24.3 Å². The van der Waals surface area contributed by atoms with Crippen molar-refractivity contribution in [3.8, 4) is 11.5 Å². The van der Waals surface area contributed by atoms with Crippen LogP contribution in [0.1, 0.15) is 60.0 Å². The molecule has 0 spiro atoms. The Bertz CT molecular complexity index is 1280. The lowest BCUT2D eigenvalue weighted by molar-refractivity contribution is -0.198. The molecule has 3 heterocycles. The molecule has 0 bridgehead atoms. The number of benzene rings is 2. The predicted molar refractivity (Wildman–Crippen MR) is 147 cm³/mol. The average Bonchev–Trinajstić information content (AvgIpc) is 3.08. The molecule has 3 aliphatic rings. The van der Waals surface area contributed by atoms with Gasteiger partial charge in [0.05, 0.1) is 37.9 Å². The maximum Gasteiger partial charge on any atom is 0.414 e. The van der Waals surface area contributed by atoms with Gasteiger partial charge in [-0.1, -0.05) is 24.3 Å². The molecule has 2 aromatic carbocycles. The number of anilines is 1. The molecule has 11 nitrogen and oxygen atoms in total. The molecule has 2 aromatic rings. The number of amides is 2. The quantitative estimate of drug-likeness (QED) is 0.463. The van der Waals surface area contributed by atoms with Crippen LogP contribution < -0.4 is 14.4 Å². The third kappa shape index (κ3) is 6.25. The van der Waals surface area contributed by atoms with E-state index in [9.17, 15) is 19.5 Å². The number of methoxy groups -OCH3 is 2. The minimum atomic E-state index is -1.24. The van der Waals surface area contributed by atoms with E-state index < -0.39 is 24.7 Å². The minimum absolute atomic E-state index is 0.121. The number of nitrogens with zero attached hydrogens (tertiary/aromatic N) is 2. The van der Waals surface area contributed by atoms with Crippen LogP contribution in [0.3, 0.4) is 0 Å². The van der Waals surface area contributed by atoms with Crippen molar-refractivity contribution in [2.75, 3.05) is 32.3 Å². The van der Waals surface area contributed by atoms with E-state index in [2.05, 4.69) is 0 Å². The molecule has 1 N–H and O–H groups in total. The van der Waals surface area contributed by atoms with Gasteiger partial charge in [0.15, 0.2) is 24.0 Å². The number of carbonyl (C=O) groups is 3. The fourth-order valence-electron chi connectivity index (χ4n) is 5.73. The predicted octanol–water partition coefficient (Wildman–Crippen LogP) is 4.35. The first-order valence-corrected chi connectivity index (χ1v) is 14.0. The highest BCUT2D eigenvalue weighted by Crippen LogP contribution is 2.42. The molecule has 11 heteroatoms. The summed E-state index contributed by atoms with van der Waals surface area (Å²) in [5.41, 5.74) is 1.95. The summed E-state index contributed by atoms with van der Waals surface area (Å²) in [6.07, 6.45) is 2.19. The van der Waals surface area contributed by atoms with Crippen molar-refractivity contribution in [3.63, 3.8) is 0 Å². The van der Waals surface area contributed by atoms with Crippen molar-refractivity contribution < 1.29 is 43.2 Å². The summed E-state index contributed by atoms with van der Waals surface area (Å²) in [7, 11) is 2.81. The summed E-state index contributed by atoms with van der Waals surface area (Å²) in [4.78, 5) is 41.3. The van der Waals surface area contributed by atoms with E-state index >= 15 is 0 Å². The number of carboxylic acid groups (broad SMARTS) is 1. The zero-order chi connectivity index (χ0) is 28.9. The Hall–Kier alpha value is -3.83. The molecule has 0 aliphatic carbocycles. The zero-order valence-electron chi connectivity index (χ0n) is 23.4. The van der Waals surface area contributed by atoms with Crippen LogP contribution in [0.4, 0.5) is 10.5 Å². The topological polar surface area (TPSA) is 124 Å². The molecule has 3 atom stereocenters. The van der Waals surface area contributed by atoms with Crippen molar-refractivity contribution in [2.24, 2.45) is 0 Å². The van der Waals surface area contributed by atoms with Gasteiger partial charge in [-0.25, -0.2) is 9.69 Å². The first-order chi connectivity index (χ1) is 19.9. The van der Waals surface area contributed by atoms with Crippen LogP contribution in [-0.4, -0.2) is 73.9 Å². The van der Waals surface area contributed by atoms with Crippen molar-refractivity contribution in [2.45, 2.75) is 70.1 Å². The molecular formula is C30H36N2O9. The first-order valence-electron chi connectivity index (χ1n) is 14.0. The summed E-state index contributed by atoms with van der Waals surface area (Å²) in [6, 6.07) is 9.96. The monoisotopic (exact) mass is 568 g/mol. The third-order valence-corrected chi connectivity index (χ3v) is 7.76. The van der Waals surface area contributed by atoms with Crippen LogP contribution >= 0.6 is 0 Å². The summed E-state index contributed by atoms with van der Waals surface area (Å²) in [6.45, 7) is 1.17. The number of rotatable bonds is 8. The Morgan fingerprint density at radius 3 is 2.56 bits per heavy atom. The summed E-state index contributed by atoms with van der Waals surface area (Å²) in [5, 5.41) is 10.5. The molecule has 2 unspecified atom stereocenters. The lowest BCUT2D eigenvalue weighted by Gasteiger charge is -2.42. The van der Waals surface area contributed by atoms with Gasteiger partial charge >= 0.3 is 12.1 Å². The van der Waals surface area contributed by atoms with Crippen molar-refractivity contribution in [1.29, 1.82) is 0 Å². The standard InChI is InChI=1S/C30H36N2O9/c1-37-24-16-21-23(17-25(24)40-18-20-9-7-8-19(14-20)15-26(33)38-2)32(30(35)36)29(41-27-11-4-6-13-39-27)22-10-3-5-12-31(22)28(21)34/h7-9,14,16-17,22,27,29H,3-6,10-13,15,18H2,1-2H3,(H,35,36)/t22-,27?,29?/m0/s1. The minimum Gasteiger partial charge on any atom is -0.493 e. The molecule has 0 saturated carbocycles. The van der Waals surface area contributed by atoms with Crippen molar-refractivity contribution >= 4 is 23.7 Å². The van der Waals surface area contributed by atoms with Gasteiger partial charge < -0.3 is 33.7 Å². The lowest BCUT2D eigenvalue weighted by Crippen LogP contribution is -2.57. The van der Waals surface area contributed by atoms with Crippen LogP contribution in [0, 0.1) is 0 Å². The molecule has 220 valence electrons. The number of esters is 1. The fraction of sp³-hybridized carbons (Fsp3) is 0.500. The molecule has 0 aromatic heterocycles. The van der Waals surface area contributed by atoms with Crippen LogP contribution in [0.25, 0.3) is 0 Å². The maximum absolute atomic E-state index is 13.9. The number of hydrogen-bond donors (Lipinski definition) is 1. The number of carbonyl (C=O) groups excluding carboxylic acids is 2. The van der Waals surface area contributed by atoms with E-state index in [0.717, 1.165) is 41.7 Å². The first kappa shape index (κ1) is 28.7.